The Morgan fingerprint density at radius 1 is 1.12 bits per heavy atom. The van der Waals surface area contributed by atoms with Crippen molar-refractivity contribution in [1.82, 2.24) is 0 Å². The van der Waals surface area contributed by atoms with Gasteiger partial charge in [0.2, 0.25) is 0 Å². The summed E-state index contributed by atoms with van der Waals surface area (Å²) < 4.78 is 4.94. The van der Waals surface area contributed by atoms with E-state index in [2.05, 4.69) is 18.2 Å². The van der Waals surface area contributed by atoms with Crippen molar-refractivity contribution in [2.45, 2.75) is 18.3 Å². The van der Waals surface area contributed by atoms with E-state index in [1.54, 1.807) is 0 Å². The summed E-state index contributed by atoms with van der Waals surface area (Å²) in [5, 5.41) is 2.35. The van der Waals surface area contributed by atoms with Crippen LogP contribution < -0.4 is 0 Å². The van der Waals surface area contributed by atoms with Crippen LogP contribution in [0.5, 0.6) is 0 Å². The second-order valence-corrected chi connectivity index (χ2v) is 4.60. The van der Waals surface area contributed by atoms with Crippen molar-refractivity contribution >= 4 is 16.7 Å². The molecular weight excluding hydrogens is 212 g/mol. The molecule has 0 saturated heterocycles. The molecule has 3 rings (SSSR count). The smallest absolute Gasteiger partial charge is 0.316 e. The Hall–Kier alpha value is -1.83. The fourth-order valence-corrected chi connectivity index (χ4v) is 2.55. The van der Waals surface area contributed by atoms with E-state index in [1.165, 1.54) is 12.5 Å². The maximum atomic E-state index is 11.9. The third kappa shape index (κ3) is 1.44. The monoisotopic (exact) mass is 226 g/mol. The van der Waals surface area contributed by atoms with Crippen LogP contribution in [0.2, 0.25) is 0 Å². The highest BCUT2D eigenvalue weighted by atomic mass is 16.5. The van der Waals surface area contributed by atoms with Gasteiger partial charge in [0.25, 0.3) is 0 Å². The number of esters is 1. The van der Waals surface area contributed by atoms with Crippen LogP contribution >= 0.6 is 0 Å². The van der Waals surface area contributed by atoms with Crippen molar-refractivity contribution in [3.05, 3.63) is 48.0 Å². The Balaban J connectivity index is 2.21. The van der Waals surface area contributed by atoms with Gasteiger partial charge in [0, 0.05) is 0 Å². The number of fused-ring (bicyclic) bond motifs is 1. The molecule has 86 valence electrons. The fourth-order valence-electron chi connectivity index (χ4n) is 2.55. The van der Waals surface area contributed by atoms with Gasteiger partial charge in [0.15, 0.2) is 0 Å². The molecule has 1 saturated carbocycles. The minimum Gasteiger partial charge on any atom is -0.468 e. The van der Waals surface area contributed by atoms with E-state index >= 15 is 0 Å². The van der Waals surface area contributed by atoms with E-state index in [0.29, 0.717) is 0 Å². The number of hydrogen-bond donors (Lipinski definition) is 0. The molecule has 0 bridgehead atoms. The first-order valence-corrected chi connectivity index (χ1v) is 5.84. The summed E-state index contributed by atoms with van der Waals surface area (Å²) >= 11 is 0. The van der Waals surface area contributed by atoms with Crippen LogP contribution in [0.3, 0.4) is 0 Å². The highest BCUT2D eigenvalue weighted by molar-refractivity contribution is 5.95. The third-order valence-electron chi connectivity index (χ3n) is 3.63. The van der Waals surface area contributed by atoms with Gasteiger partial charge in [0.1, 0.15) is 0 Å². The molecule has 0 unspecified atom stereocenters. The van der Waals surface area contributed by atoms with Crippen molar-refractivity contribution in [2.24, 2.45) is 0 Å². The molecule has 0 amide bonds. The maximum Gasteiger partial charge on any atom is 0.316 e. The van der Waals surface area contributed by atoms with Crippen LogP contribution in [0, 0.1) is 0 Å². The molecule has 1 aliphatic rings. The average Bonchev–Trinajstić information content (AvgIpc) is 3.18. The van der Waals surface area contributed by atoms with Gasteiger partial charge in [0.05, 0.1) is 12.5 Å². The largest absolute Gasteiger partial charge is 0.468 e. The summed E-state index contributed by atoms with van der Waals surface area (Å²) in [4.78, 5) is 11.9. The molecule has 0 spiro atoms. The summed E-state index contributed by atoms with van der Waals surface area (Å²) in [5.74, 6) is -0.103. The predicted molar refractivity (Wildman–Crippen MR) is 66.9 cm³/mol. The molecule has 1 aliphatic carbocycles. The molecule has 17 heavy (non-hydrogen) atoms. The van der Waals surface area contributed by atoms with Gasteiger partial charge in [-0.05, 0) is 29.2 Å². The van der Waals surface area contributed by atoms with Crippen molar-refractivity contribution < 1.29 is 9.53 Å². The van der Waals surface area contributed by atoms with Crippen molar-refractivity contribution in [2.75, 3.05) is 7.11 Å². The lowest BCUT2D eigenvalue weighted by molar-refractivity contribution is -0.143. The predicted octanol–water partition coefficient (Wildman–Crippen LogP) is 3.04. The van der Waals surface area contributed by atoms with Gasteiger partial charge in [-0.15, -0.1) is 0 Å². The number of hydrogen-bond acceptors (Lipinski definition) is 2. The lowest BCUT2D eigenvalue weighted by Crippen LogP contribution is -2.22. The molecule has 2 nitrogen and oxygen atoms in total. The molecule has 0 radical (unpaired) electrons. The number of rotatable bonds is 2. The number of benzene rings is 2. The molecule has 2 heteroatoms. The van der Waals surface area contributed by atoms with Crippen LogP contribution in [0.1, 0.15) is 18.4 Å². The number of methoxy groups -OCH3 is 1. The zero-order chi connectivity index (χ0) is 11.9. The first-order valence-electron chi connectivity index (χ1n) is 5.84. The molecule has 1 fully saturated rings. The average molecular weight is 226 g/mol. The normalized spacial score (nSPS) is 16.8. The number of carbonyl (C=O) groups excluding carboxylic acids is 1. The maximum absolute atomic E-state index is 11.9. The van der Waals surface area contributed by atoms with Crippen LogP contribution in [-0.2, 0) is 14.9 Å². The van der Waals surface area contributed by atoms with Crippen molar-refractivity contribution in [1.29, 1.82) is 0 Å². The van der Waals surface area contributed by atoms with Crippen molar-refractivity contribution in [3.8, 4) is 0 Å². The van der Waals surface area contributed by atoms with Gasteiger partial charge in [-0.3, -0.25) is 4.79 Å². The summed E-state index contributed by atoms with van der Waals surface area (Å²) in [6.45, 7) is 0. The van der Waals surface area contributed by atoms with Gasteiger partial charge in [-0.25, -0.2) is 0 Å². The Bertz CT molecular complexity index is 577. The highest BCUT2D eigenvalue weighted by Gasteiger charge is 2.53. The van der Waals surface area contributed by atoms with Crippen molar-refractivity contribution in [3.63, 3.8) is 0 Å². The Kier molecular flexibility index (Phi) is 2.18. The van der Waals surface area contributed by atoms with E-state index in [1.807, 2.05) is 24.3 Å². The number of carbonyl (C=O) groups is 1. The summed E-state index contributed by atoms with van der Waals surface area (Å²) in [6, 6.07) is 14.3. The fraction of sp³-hybridized carbons (Fsp3) is 0.267. The van der Waals surface area contributed by atoms with Gasteiger partial charge in [-0.1, -0.05) is 42.5 Å². The Labute approximate surface area is 100 Å². The molecule has 2 aromatic rings. The quantitative estimate of drug-likeness (QED) is 0.736. The second kappa shape index (κ2) is 3.59. The first kappa shape index (κ1) is 10.3. The zero-order valence-electron chi connectivity index (χ0n) is 9.77. The minimum atomic E-state index is -0.379. The first-order chi connectivity index (χ1) is 8.28. The van der Waals surface area contributed by atoms with Crippen LogP contribution in [0.4, 0.5) is 0 Å². The lowest BCUT2D eigenvalue weighted by Gasteiger charge is -2.15. The minimum absolute atomic E-state index is 0.103. The zero-order valence-corrected chi connectivity index (χ0v) is 9.77. The molecule has 0 N–H and O–H groups in total. The third-order valence-corrected chi connectivity index (χ3v) is 3.63. The van der Waals surface area contributed by atoms with Gasteiger partial charge in [-0.2, -0.15) is 0 Å². The molecule has 0 aliphatic heterocycles. The molecular formula is C15H14O2. The highest BCUT2D eigenvalue weighted by Crippen LogP contribution is 2.51. The van der Waals surface area contributed by atoms with Gasteiger partial charge < -0.3 is 4.74 Å². The molecule has 0 atom stereocenters. The lowest BCUT2D eigenvalue weighted by atomic mass is 9.91. The molecule has 0 heterocycles. The Morgan fingerprint density at radius 2 is 1.82 bits per heavy atom. The molecule has 0 aromatic heterocycles. The summed E-state index contributed by atoms with van der Waals surface area (Å²) in [5.41, 5.74) is 0.734. The van der Waals surface area contributed by atoms with E-state index in [9.17, 15) is 4.79 Å². The molecule has 2 aromatic carbocycles. The summed E-state index contributed by atoms with van der Waals surface area (Å²) in [6.07, 6.45) is 1.79. The van der Waals surface area contributed by atoms with E-state index in [-0.39, 0.29) is 11.4 Å². The van der Waals surface area contributed by atoms with Crippen LogP contribution in [0.25, 0.3) is 10.8 Å². The number of ether oxygens (including phenoxy) is 1. The van der Waals surface area contributed by atoms with Crippen LogP contribution in [-0.4, -0.2) is 13.1 Å². The van der Waals surface area contributed by atoms with Crippen LogP contribution in [0.15, 0.2) is 42.5 Å². The van der Waals surface area contributed by atoms with E-state index in [4.69, 9.17) is 4.74 Å². The summed E-state index contributed by atoms with van der Waals surface area (Å²) in [7, 11) is 1.47. The van der Waals surface area contributed by atoms with E-state index in [0.717, 1.165) is 23.8 Å². The Morgan fingerprint density at radius 3 is 2.53 bits per heavy atom. The standard InChI is InChI=1S/C15H14O2/c1-17-14(16)15(9-10-15)13-8-4-6-11-5-2-3-7-12(11)13/h2-8H,9-10H2,1H3. The SMILES string of the molecule is COC(=O)C1(c2cccc3ccccc23)CC1. The topological polar surface area (TPSA) is 26.3 Å². The van der Waals surface area contributed by atoms with Gasteiger partial charge >= 0.3 is 5.97 Å². The van der Waals surface area contributed by atoms with E-state index < -0.39 is 0 Å². The second-order valence-electron chi connectivity index (χ2n) is 4.60.